The topological polar surface area (TPSA) is 303 Å². The molecule has 0 radical (unpaired) electrons. The second-order valence-electron chi connectivity index (χ2n) is 12.8. The van der Waals surface area contributed by atoms with Gasteiger partial charge < -0.3 is 57.7 Å². The first-order valence-corrected chi connectivity index (χ1v) is 17.5. The Morgan fingerprint density at radius 2 is 1.23 bits per heavy atom. The van der Waals surface area contributed by atoms with E-state index in [2.05, 4.69) is 26.3 Å². The average molecular weight is 777 g/mol. The molecule has 5 amide bonds. The Kier molecular flexibility index (Phi) is 15.6. The van der Waals surface area contributed by atoms with E-state index in [9.17, 15) is 38.7 Å². The van der Waals surface area contributed by atoms with E-state index >= 15 is 0 Å². The summed E-state index contributed by atoms with van der Waals surface area (Å²) in [5.41, 5.74) is 16.3. The molecule has 2 heterocycles. The van der Waals surface area contributed by atoms with Crippen molar-refractivity contribution in [2.24, 2.45) is 16.5 Å². The molecule has 56 heavy (non-hydrogen) atoms. The number of rotatable bonds is 20. The Balaban J connectivity index is 1.51. The van der Waals surface area contributed by atoms with Crippen LogP contribution < -0.4 is 38.1 Å². The van der Waals surface area contributed by atoms with Gasteiger partial charge in [0.1, 0.15) is 24.7 Å². The van der Waals surface area contributed by atoms with Crippen molar-refractivity contribution in [2.75, 3.05) is 19.6 Å². The third-order valence-corrected chi connectivity index (χ3v) is 8.46. The Morgan fingerprint density at radius 1 is 0.679 bits per heavy atom. The molecule has 11 N–H and O–H groups in total. The van der Waals surface area contributed by atoms with Crippen molar-refractivity contribution >= 4 is 59.6 Å². The number of nitrogens with two attached hydrogens (primary N) is 2. The molecule has 0 aromatic heterocycles. The summed E-state index contributed by atoms with van der Waals surface area (Å²) in [6.45, 7) is 0.653. The predicted octanol–water partition coefficient (Wildman–Crippen LogP) is -1.23. The Morgan fingerprint density at radius 3 is 1.80 bits per heavy atom. The van der Waals surface area contributed by atoms with Crippen LogP contribution in [-0.2, 0) is 69.5 Å². The Labute approximate surface area is 320 Å². The summed E-state index contributed by atoms with van der Waals surface area (Å²) in [5, 5.41) is 30.1. The molecule has 19 nitrogen and oxygen atoms in total. The number of carboxylic acids is 2. The minimum atomic E-state index is -1.72. The summed E-state index contributed by atoms with van der Waals surface area (Å²) < 4.78 is 10.9. The molecule has 2 aliphatic heterocycles. The van der Waals surface area contributed by atoms with E-state index in [1.165, 1.54) is 18.2 Å². The number of carbonyl (C=O) groups is 7. The minimum absolute atomic E-state index is 0.0268. The van der Waals surface area contributed by atoms with Gasteiger partial charge in [0.2, 0.25) is 29.5 Å². The molecule has 19 heteroatoms. The zero-order valence-corrected chi connectivity index (χ0v) is 30.2. The molecule has 2 aromatic carbocycles. The van der Waals surface area contributed by atoms with E-state index in [1.807, 2.05) is 35.6 Å². The molecule has 0 spiro atoms. The molecule has 0 aliphatic carbocycles. The lowest BCUT2D eigenvalue weighted by Gasteiger charge is -2.25. The molecule has 2 aliphatic rings. The zero-order chi connectivity index (χ0) is 40.6. The van der Waals surface area contributed by atoms with Crippen LogP contribution in [0.4, 0.5) is 0 Å². The van der Waals surface area contributed by atoms with Crippen LogP contribution in [0.15, 0.2) is 53.5 Å². The van der Waals surface area contributed by atoms with Gasteiger partial charge in [0, 0.05) is 25.2 Å². The number of aliphatic carboxylic acids is 2. The van der Waals surface area contributed by atoms with Gasteiger partial charge in [0.15, 0.2) is 5.96 Å². The Bertz CT molecular complexity index is 1910. The highest BCUT2D eigenvalue weighted by Gasteiger charge is 2.31. The fourth-order valence-electron chi connectivity index (χ4n) is 5.61. The normalized spacial score (nSPS) is 14.5. The van der Waals surface area contributed by atoms with Crippen molar-refractivity contribution in [3.8, 4) is 0 Å². The van der Waals surface area contributed by atoms with Crippen molar-refractivity contribution in [1.29, 1.82) is 0 Å². The summed E-state index contributed by atoms with van der Waals surface area (Å²) in [5.74, 6) is -7.44. The van der Waals surface area contributed by atoms with Crippen LogP contribution in [0.1, 0.15) is 52.6 Å². The minimum Gasteiger partial charge on any atom is -0.481 e. The van der Waals surface area contributed by atoms with E-state index in [0.717, 1.165) is 27.8 Å². The number of benzene rings is 2. The monoisotopic (exact) mass is 776 g/mol. The number of hydrogen-bond donors (Lipinski definition) is 9. The summed E-state index contributed by atoms with van der Waals surface area (Å²) in [6, 6.07) is 6.55. The molecule has 0 bridgehead atoms. The molecule has 1 unspecified atom stereocenters. The second kappa shape index (κ2) is 20.7. The largest absolute Gasteiger partial charge is 0.481 e. The lowest BCUT2D eigenvalue weighted by atomic mass is 10.1. The first-order chi connectivity index (χ1) is 26.8. The van der Waals surface area contributed by atoms with Gasteiger partial charge in [-0.2, -0.15) is 0 Å². The van der Waals surface area contributed by atoms with Gasteiger partial charge in [-0.05, 0) is 70.5 Å². The van der Waals surface area contributed by atoms with Crippen molar-refractivity contribution in [2.45, 2.75) is 63.8 Å². The first kappa shape index (κ1) is 42.1. The number of nitrogens with zero attached hydrogens (tertiary/aromatic N) is 1. The van der Waals surface area contributed by atoms with Crippen molar-refractivity contribution in [1.82, 2.24) is 26.6 Å². The fraction of sp³-hybridized carbons (Fsp3) is 0.351. The highest BCUT2D eigenvalue weighted by molar-refractivity contribution is 5.99. The van der Waals surface area contributed by atoms with Crippen LogP contribution in [0.25, 0.3) is 12.2 Å². The summed E-state index contributed by atoms with van der Waals surface area (Å²) in [4.78, 5) is 92.2. The number of guanidine groups is 1. The second-order valence-corrected chi connectivity index (χ2v) is 12.8. The fourth-order valence-corrected chi connectivity index (χ4v) is 5.61. The molecule has 3 atom stereocenters. The third kappa shape index (κ3) is 13.7. The van der Waals surface area contributed by atoms with E-state index in [1.54, 1.807) is 12.1 Å². The summed E-state index contributed by atoms with van der Waals surface area (Å²) in [6.07, 6.45) is 4.63. The maximum absolute atomic E-state index is 13.8. The number of fused-ring (bicyclic) bond motifs is 2. The number of carboxylic acid groups (broad SMARTS) is 2. The maximum Gasteiger partial charge on any atom is 0.322 e. The number of nitrogens with one attached hydrogen (secondary N) is 5. The van der Waals surface area contributed by atoms with Crippen LogP contribution in [0, 0.1) is 0 Å². The molecular formula is C37H44N8O11. The molecule has 0 saturated carbocycles. The smallest absolute Gasteiger partial charge is 0.322 e. The van der Waals surface area contributed by atoms with Gasteiger partial charge in [-0.1, -0.05) is 24.3 Å². The van der Waals surface area contributed by atoms with Crippen LogP contribution in [0.3, 0.4) is 0 Å². The number of aliphatic imine (C=N–C) groups is 1. The van der Waals surface area contributed by atoms with Crippen LogP contribution in [-0.4, -0.2) is 95.4 Å². The van der Waals surface area contributed by atoms with Crippen molar-refractivity contribution in [3.05, 3.63) is 81.9 Å². The average Bonchev–Trinajstić information content (AvgIpc) is 3.83. The highest BCUT2D eigenvalue weighted by atomic mass is 16.5. The van der Waals surface area contributed by atoms with E-state index in [-0.39, 0.29) is 25.3 Å². The molecule has 0 saturated heterocycles. The summed E-state index contributed by atoms with van der Waals surface area (Å²) in [7, 11) is 0. The number of hydrogen-bond acceptors (Lipinski definition) is 10. The number of carbonyl (C=O) groups excluding carboxylic acids is 5. The maximum atomic E-state index is 13.8. The van der Waals surface area contributed by atoms with Gasteiger partial charge in [-0.3, -0.25) is 38.6 Å². The predicted molar refractivity (Wildman–Crippen MR) is 200 cm³/mol. The van der Waals surface area contributed by atoms with Crippen molar-refractivity contribution in [3.63, 3.8) is 0 Å². The zero-order valence-electron chi connectivity index (χ0n) is 30.2. The standard InChI is InChI=1S/C37H44N8O11/c38-37(39)40-11-1-2-27(35(53)45-28(14-32(48)49)34(52)42-16-33(50)51)44-36(54)29(43-31(47)10-6-22-4-8-24-18-56-20-26(24)13-22)15-41-30(46)9-5-21-3-7-23-17-55-19-25(23)12-21/h3-10,12-13,27-29H,1-2,11,14-20H2,(H,41,46)(H,42,52)(H,43,47)(H,44,54)(H,45,53)(H,48,49)(H,50,51)(H4,38,39,40)/t27-,28-,29?/m1/s1. The van der Waals surface area contributed by atoms with Crippen molar-refractivity contribution < 1.29 is 53.2 Å². The van der Waals surface area contributed by atoms with Crippen LogP contribution >= 0.6 is 0 Å². The van der Waals surface area contributed by atoms with Crippen LogP contribution in [0.2, 0.25) is 0 Å². The van der Waals surface area contributed by atoms with Gasteiger partial charge in [-0.15, -0.1) is 0 Å². The molecule has 298 valence electrons. The molecule has 2 aromatic rings. The molecular weight excluding hydrogens is 732 g/mol. The molecule has 4 rings (SSSR count). The Hall–Kier alpha value is -6.60. The lowest BCUT2D eigenvalue weighted by molar-refractivity contribution is -0.141. The van der Waals surface area contributed by atoms with E-state index in [4.69, 9.17) is 26.0 Å². The SMILES string of the molecule is NC(N)=NCCC[C@@H](NC(=O)C(CNC(=O)C=Cc1ccc2c(c1)COC2)NC(=O)C=Cc1ccc2c(c1)COC2)C(=O)N[C@H](CC(=O)O)C(=O)NCC(=O)O. The number of amides is 5. The highest BCUT2D eigenvalue weighted by Crippen LogP contribution is 2.22. The van der Waals surface area contributed by atoms with Gasteiger partial charge >= 0.3 is 11.9 Å². The summed E-state index contributed by atoms with van der Waals surface area (Å²) >= 11 is 0. The van der Waals surface area contributed by atoms with Gasteiger partial charge in [0.05, 0.1) is 32.8 Å². The lowest BCUT2D eigenvalue weighted by Crippen LogP contribution is -2.58. The quantitative estimate of drug-likeness (QED) is 0.0330. The molecule has 0 fully saturated rings. The van der Waals surface area contributed by atoms with Crippen LogP contribution in [0.5, 0.6) is 0 Å². The first-order valence-electron chi connectivity index (χ1n) is 17.5. The van der Waals surface area contributed by atoms with Gasteiger partial charge in [0.25, 0.3) is 0 Å². The number of ether oxygens (including phenoxy) is 2. The van der Waals surface area contributed by atoms with Gasteiger partial charge in [-0.25, -0.2) is 0 Å². The van der Waals surface area contributed by atoms with E-state index in [0.29, 0.717) is 32.0 Å². The third-order valence-electron chi connectivity index (χ3n) is 8.46. The van der Waals surface area contributed by atoms with E-state index < -0.39 is 79.1 Å².